The lowest BCUT2D eigenvalue weighted by atomic mass is 10.1. The summed E-state index contributed by atoms with van der Waals surface area (Å²) < 4.78 is 0. The number of hydrogen-bond donors (Lipinski definition) is 1. The van der Waals surface area contributed by atoms with Crippen molar-refractivity contribution in [1.29, 1.82) is 0 Å². The second-order valence-corrected chi connectivity index (χ2v) is 4.55. The Bertz CT molecular complexity index is 581. The molecule has 0 atom stereocenters. The van der Waals surface area contributed by atoms with Gasteiger partial charge in [-0.1, -0.05) is 12.1 Å². The van der Waals surface area contributed by atoms with E-state index in [9.17, 15) is 4.79 Å². The Morgan fingerprint density at radius 2 is 2.11 bits per heavy atom. The Morgan fingerprint density at radius 3 is 2.83 bits per heavy atom. The molecule has 4 nitrogen and oxygen atoms in total. The zero-order valence-electron chi connectivity index (χ0n) is 10.6. The average molecular weight is 244 g/mol. The normalized spacial score (nSPS) is 11.1. The molecule has 0 saturated heterocycles. The first-order chi connectivity index (χ1) is 8.54. The van der Waals surface area contributed by atoms with Crippen molar-refractivity contribution < 1.29 is 9.90 Å². The maximum absolute atomic E-state index is 10.6. The van der Waals surface area contributed by atoms with E-state index in [1.807, 2.05) is 31.2 Å². The highest BCUT2D eigenvalue weighted by Gasteiger charge is 2.05. The summed E-state index contributed by atoms with van der Waals surface area (Å²) in [6.45, 7) is 2.63. The van der Waals surface area contributed by atoms with Crippen LogP contribution in [0, 0.1) is 6.92 Å². The summed E-state index contributed by atoms with van der Waals surface area (Å²) in [7, 11) is 1.80. The van der Waals surface area contributed by atoms with E-state index in [1.165, 1.54) is 0 Å². The average Bonchev–Trinajstić information content (AvgIpc) is 2.28. The molecule has 0 radical (unpaired) electrons. The quantitative estimate of drug-likeness (QED) is 0.894. The molecule has 0 amide bonds. The monoisotopic (exact) mass is 244 g/mol. The highest BCUT2D eigenvalue weighted by molar-refractivity contribution is 5.79. The minimum atomic E-state index is -0.810. The number of carboxylic acid groups (broad SMARTS) is 1. The molecule has 1 heterocycles. The maximum atomic E-state index is 10.6. The minimum absolute atomic E-state index is 0.0458. The van der Waals surface area contributed by atoms with Crippen molar-refractivity contribution in [2.75, 3.05) is 13.6 Å². The predicted octanol–water partition coefficient (Wildman–Crippen LogP) is 2.06. The lowest BCUT2D eigenvalue weighted by Crippen LogP contribution is -2.25. The minimum Gasteiger partial charge on any atom is -0.480 e. The summed E-state index contributed by atoms with van der Waals surface area (Å²) in [5.41, 5.74) is 3.06. The standard InChI is InChI=1S/C14H16N2O2/c1-10-3-5-12-7-11(4-6-13(12)15-10)8-16(2)9-14(17)18/h3-7H,8-9H2,1-2H3,(H,17,18). The van der Waals surface area contributed by atoms with Crippen LogP contribution in [0.2, 0.25) is 0 Å². The van der Waals surface area contributed by atoms with Gasteiger partial charge in [-0.2, -0.15) is 0 Å². The van der Waals surface area contributed by atoms with E-state index in [4.69, 9.17) is 5.11 Å². The maximum Gasteiger partial charge on any atom is 0.317 e. The molecular weight excluding hydrogens is 228 g/mol. The number of carbonyl (C=O) groups is 1. The van der Waals surface area contributed by atoms with Crippen molar-refractivity contribution in [3.8, 4) is 0 Å². The molecule has 0 saturated carbocycles. The fourth-order valence-electron chi connectivity index (χ4n) is 1.97. The number of aliphatic carboxylic acids is 1. The number of likely N-dealkylation sites (N-methyl/N-ethyl adjacent to an activating group) is 1. The van der Waals surface area contributed by atoms with E-state index < -0.39 is 5.97 Å². The van der Waals surface area contributed by atoms with Crippen LogP contribution < -0.4 is 0 Å². The van der Waals surface area contributed by atoms with Gasteiger partial charge in [-0.15, -0.1) is 0 Å². The lowest BCUT2D eigenvalue weighted by molar-refractivity contribution is -0.138. The van der Waals surface area contributed by atoms with E-state index >= 15 is 0 Å². The third kappa shape index (κ3) is 3.05. The van der Waals surface area contributed by atoms with Crippen LogP contribution in [0.4, 0.5) is 0 Å². The van der Waals surface area contributed by atoms with Crippen molar-refractivity contribution in [2.45, 2.75) is 13.5 Å². The number of pyridine rings is 1. The van der Waals surface area contributed by atoms with Crippen molar-refractivity contribution in [3.05, 3.63) is 41.6 Å². The highest BCUT2D eigenvalue weighted by atomic mass is 16.4. The molecule has 4 heteroatoms. The molecule has 1 aromatic heterocycles. The first-order valence-corrected chi connectivity index (χ1v) is 5.81. The molecule has 0 fully saturated rings. The van der Waals surface area contributed by atoms with Crippen LogP contribution in [-0.4, -0.2) is 34.6 Å². The number of hydrogen-bond acceptors (Lipinski definition) is 3. The topological polar surface area (TPSA) is 53.4 Å². The van der Waals surface area contributed by atoms with Crippen LogP contribution in [0.5, 0.6) is 0 Å². The fraction of sp³-hybridized carbons (Fsp3) is 0.286. The molecule has 0 bridgehead atoms. The van der Waals surface area contributed by atoms with Gasteiger partial charge in [0, 0.05) is 17.6 Å². The Hall–Kier alpha value is -1.94. The van der Waals surface area contributed by atoms with Crippen molar-refractivity contribution in [1.82, 2.24) is 9.88 Å². The molecule has 18 heavy (non-hydrogen) atoms. The molecule has 1 aromatic carbocycles. The van der Waals surface area contributed by atoms with Gasteiger partial charge in [0.15, 0.2) is 0 Å². The fourth-order valence-corrected chi connectivity index (χ4v) is 1.97. The van der Waals surface area contributed by atoms with Gasteiger partial charge >= 0.3 is 5.97 Å². The van der Waals surface area contributed by atoms with Crippen LogP contribution in [0.3, 0.4) is 0 Å². The molecular formula is C14H16N2O2. The number of rotatable bonds is 4. The summed E-state index contributed by atoms with van der Waals surface area (Å²) in [5.74, 6) is -0.810. The number of aromatic nitrogens is 1. The SMILES string of the molecule is Cc1ccc2cc(CN(C)CC(=O)O)ccc2n1. The van der Waals surface area contributed by atoms with E-state index in [0.717, 1.165) is 22.2 Å². The van der Waals surface area contributed by atoms with Crippen LogP contribution in [0.1, 0.15) is 11.3 Å². The largest absolute Gasteiger partial charge is 0.480 e. The van der Waals surface area contributed by atoms with E-state index in [2.05, 4.69) is 11.1 Å². The molecule has 1 N–H and O–H groups in total. The van der Waals surface area contributed by atoms with Crippen LogP contribution in [0.15, 0.2) is 30.3 Å². The molecule has 2 aromatic rings. The Morgan fingerprint density at radius 1 is 1.33 bits per heavy atom. The second-order valence-electron chi connectivity index (χ2n) is 4.55. The van der Waals surface area contributed by atoms with E-state index in [1.54, 1.807) is 11.9 Å². The molecule has 0 aliphatic heterocycles. The predicted molar refractivity (Wildman–Crippen MR) is 70.4 cm³/mol. The van der Waals surface area contributed by atoms with Crippen LogP contribution in [-0.2, 0) is 11.3 Å². The molecule has 0 spiro atoms. The van der Waals surface area contributed by atoms with Gasteiger partial charge < -0.3 is 5.11 Å². The van der Waals surface area contributed by atoms with Crippen molar-refractivity contribution in [3.63, 3.8) is 0 Å². The lowest BCUT2D eigenvalue weighted by Gasteiger charge is -2.14. The molecule has 0 aliphatic carbocycles. The number of nitrogens with zero attached hydrogens (tertiary/aromatic N) is 2. The van der Waals surface area contributed by atoms with Gasteiger partial charge in [-0.25, -0.2) is 0 Å². The van der Waals surface area contributed by atoms with Crippen LogP contribution in [0.25, 0.3) is 10.9 Å². The summed E-state index contributed by atoms with van der Waals surface area (Å²) in [4.78, 5) is 16.8. The Balaban J connectivity index is 2.20. The Kier molecular flexibility index (Phi) is 3.58. The van der Waals surface area contributed by atoms with Gasteiger partial charge in [-0.3, -0.25) is 14.7 Å². The summed E-state index contributed by atoms with van der Waals surface area (Å²) in [6, 6.07) is 10.0. The molecule has 94 valence electrons. The third-order valence-electron chi connectivity index (χ3n) is 2.75. The van der Waals surface area contributed by atoms with Gasteiger partial charge in [0.2, 0.25) is 0 Å². The number of benzene rings is 1. The van der Waals surface area contributed by atoms with Crippen molar-refractivity contribution in [2.24, 2.45) is 0 Å². The highest BCUT2D eigenvalue weighted by Crippen LogP contribution is 2.15. The number of aryl methyl sites for hydroxylation is 1. The summed E-state index contributed by atoms with van der Waals surface area (Å²) >= 11 is 0. The van der Waals surface area contributed by atoms with Gasteiger partial charge in [0.1, 0.15) is 0 Å². The summed E-state index contributed by atoms with van der Waals surface area (Å²) in [6.07, 6.45) is 0. The molecule has 2 rings (SSSR count). The van der Waals surface area contributed by atoms with Gasteiger partial charge in [0.25, 0.3) is 0 Å². The van der Waals surface area contributed by atoms with E-state index in [-0.39, 0.29) is 6.54 Å². The van der Waals surface area contributed by atoms with Crippen molar-refractivity contribution >= 4 is 16.9 Å². The number of carboxylic acids is 1. The molecule has 0 aliphatic rings. The first kappa shape index (κ1) is 12.5. The van der Waals surface area contributed by atoms with E-state index in [0.29, 0.717) is 6.54 Å². The Labute approximate surface area is 106 Å². The third-order valence-corrected chi connectivity index (χ3v) is 2.75. The van der Waals surface area contributed by atoms with Gasteiger partial charge in [0.05, 0.1) is 12.1 Å². The smallest absolute Gasteiger partial charge is 0.317 e. The first-order valence-electron chi connectivity index (χ1n) is 5.81. The molecule has 0 unspecified atom stereocenters. The number of fused-ring (bicyclic) bond motifs is 1. The zero-order chi connectivity index (χ0) is 13.1. The zero-order valence-corrected chi connectivity index (χ0v) is 10.6. The second kappa shape index (κ2) is 5.14. The summed E-state index contributed by atoms with van der Waals surface area (Å²) in [5, 5.41) is 9.80. The van der Waals surface area contributed by atoms with Gasteiger partial charge in [-0.05, 0) is 37.7 Å². The van der Waals surface area contributed by atoms with Crippen LogP contribution >= 0.6 is 0 Å².